The summed E-state index contributed by atoms with van der Waals surface area (Å²) in [7, 11) is 3.16. The van der Waals surface area contributed by atoms with Crippen molar-refractivity contribution in [3.8, 4) is 23.0 Å². The zero-order chi connectivity index (χ0) is 20.8. The number of amides is 1. The van der Waals surface area contributed by atoms with Gasteiger partial charge >= 0.3 is 0 Å². The van der Waals surface area contributed by atoms with Gasteiger partial charge in [-0.2, -0.15) is 0 Å². The molecule has 3 rings (SSSR count). The van der Waals surface area contributed by atoms with Crippen LogP contribution in [0.2, 0.25) is 0 Å². The van der Waals surface area contributed by atoms with Crippen molar-refractivity contribution in [1.29, 1.82) is 0 Å². The molecule has 1 atom stereocenters. The molecule has 0 unspecified atom stereocenters. The van der Waals surface area contributed by atoms with Crippen LogP contribution in [0, 0.1) is 0 Å². The second-order valence-corrected chi connectivity index (χ2v) is 6.80. The second-order valence-electron chi connectivity index (χ2n) is 6.80. The van der Waals surface area contributed by atoms with Crippen molar-refractivity contribution >= 4 is 12.0 Å². The predicted molar refractivity (Wildman–Crippen MR) is 112 cm³/mol. The van der Waals surface area contributed by atoms with E-state index in [-0.39, 0.29) is 12.0 Å². The van der Waals surface area contributed by atoms with Gasteiger partial charge in [-0.1, -0.05) is 6.07 Å². The van der Waals surface area contributed by atoms with Crippen LogP contribution >= 0.6 is 0 Å². The molecule has 0 aliphatic carbocycles. The van der Waals surface area contributed by atoms with Crippen molar-refractivity contribution in [2.75, 3.05) is 20.8 Å². The molecule has 1 aliphatic heterocycles. The van der Waals surface area contributed by atoms with Crippen LogP contribution in [0.15, 0.2) is 36.4 Å². The molecule has 1 aliphatic rings. The Morgan fingerprint density at radius 1 is 1.17 bits per heavy atom. The van der Waals surface area contributed by atoms with E-state index < -0.39 is 0 Å². The molecule has 2 aromatic rings. The minimum atomic E-state index is -0.197. The Balaban J connectivity index is 1.66. The summed E-state index contributed by atoms with van der Waals surface area (Å²) in [6, 6.07) is 9.45. The van der Waals surface area contributed by atoms with Gasteiger partial charge in [0, 0.05) is 30.2 Å². The van der Waals surface area contributed by atoms with E-state index in [2.05, 4.69) is 5.32 Å². The quantitative estimate of drug-likeness (QED) is 0.687. The lowest BCUT2D eigenvalue weighted by molar-refractivity contribution is -0.116. The minimum Gasteiger partial charge on any atom is -0.494 e. The van der Waals surface area contributed by atoms with Gasteiger partial charge in [0.1, 0.15) is 17.6 Å². The number of rotatable bonds is 8. The molecule has 6 heteroatoms. The van der Waals surface area contributed by atoms with Crippen molar-refractivity contribution in [2.24, 2.45) is 0 Å². The molecule has 1 heterocycles. The van der Waals surface area contributed by atoms with Gasteiger partial charge in [0.05, 0.1) is 20.8 Å². The van der Waals surface area contributed by atoms with Crippen molar-refractivity contribution in [2.45, 2.75) is 32.9 Å². The number of carbonyl (C=O) groups is 1. The van der Waals surface area contributed by atoms with E-state index in [1.807, 2.05) is 38.1 Å². The van der Waals surface area contributed by atoms with E-state index in [9.17, 15) is 4.79 Å². The van der Waals surface area contributed by atoms with Crippen LogP contribution in [0.3, 0.4) is 0 Å². The Morgan fingerprint density at radius 2 is 1.97 bits per heavy atom. The molecule has 0 saturated carbocycles. The summed E-state index contributed by atoms with van der Waals surface area (Å²) < 4.78 is 22.1. The van der Waals surface area contributed by atoms with Gasteiger partial charge in [-0.3, -0.25) is 4.79 Å². The van der Waals surface area contributed by atoms with Gasteiger partial charge in [0.2, 0.25) is 5.91 Å². The van der Waals surface area contributed by atoms with Crippen LogP contribution in [0.1, 0.15) is 30.5 Å². The lowest BCUT2D eigenvalue weighted by Gasteiger charge is -2.13. The van der Waals surface area contributed by atoms with E-state index in [1.165, 1.54) is 6.08 Å². The molecule has 2 aromatic carbocycles. The summed E-state index contributed by atoms with van der Waals surface area (Å²) in [4.78, 5) is 12.3. The highest BCUT2D eigenvalue weighted by atomic mass is 16.5. The smallest absolute Gasteiger partial charge is 0.244 e. The van der Waals surface area contributed by atoms with Crippen molar-refractivity contribution in [1.82, 2.24) is 5.32 Å². The fourth-order valence-electron chi connectivity index (χ4n) is 3.28. The highest BCUT2D eigenvalue weighted by Crippen LogP contribution is 2.35. The van der Waals surface area contributed by atoms with E-state index >= 15 is 0 Å². The maximum atomic E-state index is 12.3. The van der Waals surface area contributed by atoms with E-state index in [0.717, 1.165) is 34.6 Å². The van der Waals surface area contributed by atoms with Crippen molar-refractivity contribution < 1.29 is 23.7 Å². The van der Waals surface area contributed by atoms with E-state index in [1.54, 1.807) is 26.4 Å². The third-order valence-corrected chi connectivity index (χ3v) is 4.67. The minimum absolute atomic E-state index is 0.161. The number of methoxy groups -OCH3 is 2. The lowest BCUT2D eigenvalue weighted by atomic mass is 10.1. The standard InChI is InChI=1S/C23H27NO5/c1-5-28-20-12-17-10-15(2)29-21(17)13-18(20)14-24-23(25)9-7-16-6-8-19(26-3)22(11-16)27-4/h6-9,11-13,15H,5,10,14H2,1-4H3,(H,24,25)/b9-7+/t15-/m0/s1. The average Bonchev–Trinajstić information content (AvgIpc) is 3.09. The number of fused-ring (bicyclic) bond motifs is 1. The van der Waals surface area contributed by atoms with Crippen LogP contribution < -0.4 is 24.3 Å². The predicted octanol–water partition coefficient (Wildman–Crippen LogP) is 3.76. The SMILES string of the molecule is CCOc1cc2c(cc1CNC(=O)/C=C/c1ccc(OC)c(OC)c1)O[C@@H](C)C2. The first kappa shape index (κ1) is 20.6. The molecule has 154 valence electrons. The Morgan fingerprint density at radius 3 is 2.69 bits per heavy atom. The van der Waals surface area contributed by atoms with E-state index in [0.29, 0.717) is 24.7 Å². The van der Waals surface area contributed by atoms with Gasteiger partial charge in [-0.15, -0.1) is 0 Å². The fraction of sp³-hybridized carbons (Fsp3) is 0.348. The average molecular weight is 397 g/mol. The zero-order valence-corrected chi connectivity index (χ0v) is 17.3. The molecule has 6 nitrogen and oxygen atoms in total. The second kappa shape index (κ2) is 9.37. The zero-order valence-electron chi connectivity index (χ0n) is 17.3. The third kappa shape index (κ3) is 5.02. The third-order valence-electron chi connectivity index (χ3n) is 4.67. The van der Waals surface area contributed by atoms with Gasteiger partial charge in [-0.25, -0.2) is 0 Å². The molecule has 0 bridgehead atoms. The van der Waals surface area contributed by atoms with Crippen LogP contribution in [-0.2, 0) is 17.8 Å². The van der Waals surface area contributed by atoms with E-state index in [4.69, 9.17) is 18.9 Å². The van der Waals surface area contributed by atoms with Crippen molar-refractivity contribution in [3.63, 3.8) is 0 Å². The number of ether oxygens (including phenoxy) is 4. The summed E-state index contributed by atoms with van der Waals surface area (Å²) in [5, 5.41) is 2.90. The molecule has 1 N–H and O–H groups in total. The van der Waals surface area contributed by atoms with Crippen LogP contribution in [-0.4, -0.2) is 32.8 Å². The Labute approximate surface area is 171 Å². The summed E-state index contributed by atoms with van der Waals surface area (Å²) in [6.45, 7) is 4.91. The van der Waals surface area contributed by atoms with Gasteiger partial charge in [0.25, 0.3) is 0 Å². The van der Waals surface area contributed by atoms with Gasteiger partial charge < -0.3 is 24.3 Å². The molecule has 0 aromatic heterocycles. The molecule has 0 saturated heterocycles. The summed E-state index contributed by atoms with van der Waals surface area (Å²) in [6.07, 6.45) is 4.26. The molecule has 29 heavy (non-hydrogen) atoms. The fourth-order valence-corrected chi connectivity index (χ4v) is 3.28. The normalized spacial score (nSPS) is 15.0. The Kier molecular flexibility index (Phi) is 6.65. The summed E-state index contributed by atoms with van der Waals surface area (Å²) >= 11 is 0. The first-order chi connectivity index (χ1) is 14.0. The maximum Gasteiger partial charge on any atom is 0.244 e. The largest absolute Gasteiger partial charge is 0.494 e. The molecule has 0 fully saturated rings. The highest BCUT2D eigenvalue weighted by Gasteiger charge is 2.21. The monoisotopic (exact) mass is 397 g/mol. The maximum absolute atomic E-state index is 12.3. The number of hydrogen-bond acceptors (Lipinski definition) is 5. The van der Waals surface area contributed by atoms with Gasteiger partial charge in [0.15, 0.2) is 11.5 Å². The molecule has 0 spiro atoms. The Hall–Kier alpha value is -3.15. The van der Waals surface area contributed by atoms with Crippen LogP contribution in [0.25, 0.3) is 6.08 Å². The highest BCUT2D eigenvalue weighted by molar-refractivity contribution is 5.91. The molecule has 1 amide bonds. The molecular weight excluding hydrogens is 370 g/mol. The number of benzene rings is 2. The number of hydrogen-bond donors (Lipinski definition) is 1. The first-order valence-electron chi connectivity index (χ1n) is 9.67. The Bertz CT molecular complexity index is 906. The molecule has 0 radical (unpaired) electrons. The van der Waals surface area contributed by atoms with Crippen LogP contribution in [0.5, 0.6) is 23.0 Å². The summed E-state index contributed by atoms with van der Waals surface area (Å²) in [5.74, 6) is 2.71. The number of nitrogens with one attached hydrogen (secondary N) is 1. The van der Waals surface area contributed by atoms with Gasteiger partial charge in [-0.05, 0) is 49.8 Å². The van der Waals surface area contributed by atoms with Crippen molar-refractivity contribution in [3.05, 3.63) is 53.1 Å². The van der Waals surface area contributed by atoms with Crippen LogP contribution in [0.4, 0.5) is 0 Å². The first-order valence-corrected chi connectivity index (χ1v) is 9.67. The lowest BCUT2D eigenvalue weighted by Crippen LogP contribution is -2.20. The summed E-state index contributed by atoms with van der Waals surface area (Å²) in [5.41, 5.74) is 2.88. The topological polar surface area (TPSA) is 66.0 Å². The molecular formula is C23H27NO5. The number of carbonyl (C=O) groups excluding carboxylic acids is 1.